The summed E-state index contributed by atoms with van der Waals surface area (Å²) < 4.78 is 5.92. The number of aliphatic hydroxyl groups excluding tert-OH is 2. The number of carbonyl (C=O) groups is 2. The van der Waals surface area contributed by atoms with Gasteiger partial charge in [-0.3, -0.25) is 9.59 Å². The van der Waals surface area contributed by atoms with Gasteiger partial charge in [-0.2, -0.15) is 0 Å². The summed E-state index contributed by atoms with van der Waals surface area (Å²) in [6.45, 7) is 6.43. The quantitative estimate of drug-likeness (QED) is 0.0245. The second-order valence-electron chi connectivity index (χ2n) is 18.0. The molecule has 0 aliphatic heterocycles. The normalized spacial score (nSPS) is 13.7. The number of allylic oxidation sites excluding steroid dienone is 10. The standard InChI is InChI=1S/C56H101NO5/c1-4-7-10-13-16-19-22-24-26-28-30-33-35-38-41-44-47-52(62-56(61)49-46-43-40-37-34-31-29-27-25-23-20-17-14-11-8-5-2)50-55(60)57-53(51-58)54(59)48-45-42-39-36-32-21-18-15-12-9-6-3/h16,19,22,24,26-30,33,52-54,58-59H,4-15,17-18,20-21,23,25,31-32,34-51H2,1-3H3,(H,57,60)/b19-16+,24-22+,28-26+,29-27+,33-30+. The van der Waals surface area contributed by atoms with Gasteiger partial charge in [0, 0.05) is 6.42 Å². The Bertz CT molecular complexity index is 1110. The van der Waals surface area contributed by atoms with E-state index in [4.69, 9.17) is 4.74 Å². The van der Waals surface area contributed by atoms with Crippen molar-refractivity contribution in [3.63, 3.8) is 0 Å². The van der Waals surface area contributed by atoms with Crippen LogP contribution in [0.15, 0.2) is 60.8 Å². The highest BCUT2D eigenvalue weighted by molar-refractivity contribution is 5.77. The number of amides is 1. The van der Waals surface area contributed by atoms with E-state index < -0.39 is 18.2 Å². The highest BCUT2D eigenvalue weighted by Gasteiger charge is 2.24. The first-order valence-corrected chi connectivity index (χ1v) is 26.6. The summed E-state index contributed by atoms with van der Waals surface area (Å²) in [5.41, 5.74) is 0. The van der Waals surface area contributed by atoms with Crippen LogP contribution in [0, 0.1) is 0 Å². The van der Waals surface area contributed by atoms with Crippen molar-refractivity contribution in [2.45, 2.75) is 277 Å². The van der Waals surface area contributed by atoms with Crippen molar-refractivity contribution in [2.75, 3.05) is 6.61 Å². The van der Waals surface area contributed by atoms with Crippen LogP contribution < -0.4 is 5.32 Å². The van der Waals surface area contributed by atoms with E-state index in [-0.39, 0.29) is 24.9 Å². The van der Waals surface area contributed by atoms with Crippen molar-refractivity contribution < 1.29 is 24.5 Å². The molecule has 0 saturated carbocycles. The summed E-state index contributed by atoms with van der Waals surface area (Å²) in [6.07, 6.45) is 61.3. The van der Waals surface area contributed by atoms with Crippen LogP contribution in [0.5, 0.6) is 0 Å². The highest BCUT2D eigenvalue weighted by Crippen LogP contribution is 2.17. The van der Waals surface area contributed by atoms with E-state index in [2.05, 4.69) is 80.8 Å². The lowest BCUT2D eigenvalue weighted by molar-refractivity contribution is -0.151. The first-order valence-electron chi connectivity index (χ1n) is 26.6. The second-order valence-corrected chi connectivity index (χ2v) is 18.0. The third-order valence-corrected chi connectivity index (χ3v) is 11.9. The number of ether oxygens (including phenoxy) is 1. The number of hydrogen-bond donors (Lipinski definition) is 3. The third-order valence-electron chi connectivity index (χ3n) is 11.9. The van der Waals surface area contributed by atoms with Crippen LogP contribution in [-0.2, 0) is 14.3 Å². The molecule has 0 radical (unpaired) electrons. The highest BCUT2D eigenvalue weighted by atomic mass is 16.5. The molecular formula is C56H101NO5. The molecule has 6 nitrogen and oxygen atoms in total. The molecule has 1 amide bonds. The summed E-state index contributed by atoms with van der Waals surface area (Å²) in [6, 6.07) is -0.717. The lowest BCUT2D eigenvalue weighted by atomic mass is 10.0. The number of rotatable bonds is 47. The Morgan fingerprint density at radius 1 is 0.468 bits per heavy atom. The van der Waals surface area contributed by atoms with E-state index >= 15 is 0 Å². The lowest BCUT2D eigenvalue weighted by Gasteiger charge is -2.24. The van der Waals surface area contributed by atoms with E-state index in [0.717, 1.165) is 77.0 Å². The van der Waals surface area contributed by atoms with Gasteiger partial charge in [0.2, 0.25) is 5.91 Å². The molecule has 0 bridgehead atoms. The van der Waals surface area contributed by atoms with Crippen LogP contribution >= 0.6 is 0 Å². The smallest absolute Gasteiger partial charge is 0.306 e. The number of esters is 1. The van der Waals surface area contributed by atoms with Crippen molar-refractivity contribution in [1.82, 2.24) is 5.32 Å². The maximum atomic E-state index is 13.2. The number of aliphatic hydroxyl groups is 2. The molecule has 0 aromatic rings. The van der Waals surface area contributed by atoms with Crippen molar-refractivity contribution in [3.8, 4) is 0 Å². The van der Waals surface area contributed by atoms with E-state index in [1.54, 1.807) is 0 Å². The first kappa shape index (κ1) is 59.6. The zero-order valence-electron chi connectivity index (χ0n) is 41.0. The van der Waals surface area contributed by atoms with Crippen LogP contribution in [0.3, 0.4) is 0 Å². The molecule has 62 heavy (non-hydrogen) atoms. The molecule has 0 heterocycles. The average molecular weight is 868 g/mol. The van der Waals surface area contributed by atoms with Gasteiger partial charge in [0.1, 0.15) is 6.10 Å². The summed E-state index contributed by atoms with van der Waals surface area (Å²) >= 11 is 0. The summed E-state index contributed by atoms with van der Waals surface area (Å²) in [5, 5.41) is 23.7. The van der Waals surface area contributed by atoms with Crippen molar-refractivity contribution >= 4 is 11.9 Å². The van der Waals surface area contributed by atoms with Crippen LogP contribution in [0.25, 0.3) is 0 Å². The summed E-state index contributed by atoms with van der Waals surface area (Å²) in [5.74, 6) is -0.519. The molecule has 0 aromatic carbocycles. The van der Waals surface area contributed by atoms with Crippen molar-refractivity contribution in [1.29, 1.82) is 0 Å². The van der Waals surface area contributed by atoms with Gasteiger partial charge in [-0.25, -0.2) is 0 Å². The largest absolute Gasteiger partial charge is 0.462 e. The van der Waals surface area contributed by atoms with Crippen LogP contribution in [0.2, 0.25) is 0 Å². The fourth-order valence-electron chi connectivity index (χ4n) is 7.85. The molecular weight excluding hydrogens is 767 g/mol. The molecule has 0 fully saturated rings. The molecule has 3 unspecified atom stereocenters. The Balaban J connectivity index is 4.68. The first-order chi connectivity index (χ1) is 30.5. The fraction of sp³-hybridized carbons (Fsp3) is 0.786. The summed E-state index contributed by atoms with van der Waals surface area (Å²) in [7, 11) is 0. The Labute approximate surface area is 384 Å². The zero-order chi connectivity index (χ0) is 45.2. The lowest BCUT2D eigenvalue weighted by Crippen LogP contribution is -2.46. The maximum absolute atomic E-state index is 13.2. The van der Waals surface area contributed by atoms with Gasteiger partial charge in [-0.1, -0.05) is 229 Å². The monoisotopic (exact) mass is 868 g/mol. The number of unbranched alkanes of at least 4 members (excludes halogenated alkanes) is 28. The Morgan fingerprint density at radius 2 is 0.839 bits per heavy atom. The van der Waals surface area contributed by atoms with Gasteiger partial charge in [0.25, 0.3) is 0 Å². The fourth-order valence-corrected chi connectivity index (χ4v) is 7.85. The molecule has 0 aromatic heterocycles. The van der Waals surface area contributed by atoms with E-state index in [1.165, 1.54) is 135 Å². The molecule has 0 aliphatic carbocycles. The summed E-state index contributed by atoms with van der Waals surface area (Å²) in [4.78, 5) is 26.2. The Kier molecular flexibility index (Phi) is 47.6. The minimum absolute atomic E-state index is 0.0476. The molecule has 0 spiro atoms. The van der Waals surface area contributed by atoms with Gasteiger partial charge in [-0.05, 0) is 77.0 Å². The maximum Gasteiger partial charge on any atom is 0.306 e. The van der Waals surface area contributed by atoms with Gasteiger partial charge in [-0.15, -0.1) is 0 Å². The average Bonchev–Trinajstić information content (AvgIpc) is 3.26. The molecule has 0 saturated heterocycles. The molecule has 360 valence electrons. The predicted octanol–water partition coefficient (Wildman–Crippen LogP) is 16.0. The van der Waals surface area contributed by atoms with Gasteiger partial charge >= 0.3 is 5.97 Å². The van der Waals surface area contributed by atoms with E-state index in [0.29, 0.717) is 19.3 Å². The van der Waals surface area contributed by atoms with Crippen molar-refractivity contribution in [2.24, 2.45) is 0 Å². The van der Waals surface area contributed by atoms with E-state index in [9.17, 15) is 19.8 Å². The van der Waals surface area contributed by atoms with Gasteiger partial charge in [0.05, 0.1) is 25.2 Å². The van der Waals surface area contributed by atoms with Gasteiger partial charge < -0.3 is 20.3 Å². The molecule has 6 heteroatoms. The number of nitrogens with one attached hydrogen (secondary N) is 1. The minimum Gasteiger partial charge on any atom is -0.462 e. The number of hydrogen-bond acceptors (Lipinski definition) is 5. The zero-order valence-corrected chi connectivity index (χ0v) is 41.0. The van der Waals surface area contributed by atoms with Crippen LogP contribution in [-0.4, -0.2) is 46.9 Å². The molecule has 0 aliphatic rings. The minimum atomic E-state index is -0.800. The Morgan fingerprint density at radius 3 is 1.34 bits per heavy atom. The van der Waals surface area contributed by atoms with Crippen LogP contribution in [0.1, 0.15) is 258 Å². The van der Waals surface area contributed by atoms with Gasteiger partial charge in [0.15, 0.2) is 0 Å². The second kappa shape index (κ2) is 49.6. The predicted molar refractivity (Wildman–Crippen MR) is 268 cm³/mol. The molecule has 3 N–H and O–H groups in total. The Hall–Kier alpha value is -2.44. The molecule has 3 atom stereocenters. The topological polar surface area (TPSA) is 95.9 Å². The van der Waals surface area contributed by atoms with Crippen molar-refractivity contribution in [3.05, 3.63) is 60.8 Å². The molecule has 0 rings (SSSR count). The van der Waals surface area contributed by atoms with E-state index in [1.807, 2.05) is 6.08 Å². The SMILES string of the molecule is CCCCC/C=C/C=C/C=C/C=C/CCCCCC(CC(=O)NC(CO)C(O)CCCCCCCCCCCCC)OC(=O)CCCCCCC/C=C/CCCCCCCCC. The van der Waals surface area contributed by atoms with Crippen LogP contribution in [0.4, 0.5) is 0 Å². The number of carbonyl (C=O) groups excluding carboxylic acids is 2. The third kappa shape index (κ3) is 44.2.